The molecule has 0 amide bonds. The van der Waals surface area contributed by atoms with Crippen LogP contribution in [0.3, 0.4) is 0 Å². The minimum atomic E-state index is -0.571. The van der Waals surface area contributed by atoms with E-state index in [2.05, 4.69) is 9.97 Å². The summed E-state index contributed by atoms with van der Waals surface area (Å²) in [6.45, 7) is 0. The first-order valence-corrected chi connectivity index (χ1v) is 4.48. The van der Waals surface area contributed by atoms with E-state index in [1.165, 1.54) is 24.5 Å². The van der Waals surface area contributed by atoms with Crippen molar-refractivity contribution in [2.45, 2.75) is 0 Å². The molecule has 0 saturated carbocycles. The zero-order chi connectivity index (χ0) is 11.5. The molecule has 0 atom stereocenters. The molecule has 0 radical (unpaired) electrons. The highest BCUT2D eigenvalue weighted by molar-refractivity contribution is 5.60. The summed E-state index contributed by atoms with van der Waals surface area (Å²) < 4.78 is 13.3. The van der Waals surface area contributed by atoms with E-state index in [0.29, 0.717) is 17.1 Å². The van der Waals surface area contributed by atoms with Gasteiger partial charge in [0, 0.05) is 5.56 Å². The molecule has 4 nitrogen and oxygen atoms in total. The highest BCUT2D eigenvalue weighted by atomic mass is 19.1. The van der Waals surface area contributed by atoms with Crippen LogP contribution in [0.2, 0.25) is 0 Å². The van der Waals surface area contributed by atoms with Crippen LogP contribution in [0.4, 0.5) is 10.2 Å². The molecule has 0 spiro atoms. The lowest BCUT2D eigenvalue weighted by Gasteiger charge is -2.01. The molecule has 0 bridgehead atoms. The van der Waals surface area contributed by atoms with Crippen molar-refractivity contribution in [3.63, 3.8) is 0 Å². The number of hydrogen-bond donors (Lipinski definition) is 1. The van der Waals surface area contributed by atoms with E-state index in [9.17, 15) is 4.39 Å². The Morgan fingerprint density at radius 3 is 2.62 bits per heavy atom. The van der Waals surface area contributed by atoms with Gasteiger partial charge in [0.05, 0.1) is 23.7 Å². The summed E-state index contributed by atoms with van der Waals surface area (Å²) in [6, 6.07) is 6.02. The Labute approximate surface area is 91.2 Å². The zero-order valence-electron chi connectivity index (χ0n) is 8.18. The summed E-state index contributed by atoms with van der Waals surface area (Å²) in [5.74, 6) is -0.267. The average Bonchev–Trinajstić information content (AvgIpc) is 2.30. The van der Waals surface area contributed by atoms with Crippen LogP contribution in [0, 0.1) is 17.1 Å². The van der Waals surface area contributed by atoms with E-state index in [-0.39, 0.29) is 5.56 Å². The van der Waals surface area contributed by atoms with Gasteiger partial charge in [-0.1, -0.05) is 6.07 Å². The van der Waals surface area contributed by atoms with Gasteiger partial charge >= 0.3 is 0 Å². The molecule has 78 valence electrons. The second-order valence-corrected chi connectivity index (χ2v) is 3.13. The van der Waals surface area contributed by atoms with Crippen LogP contribution in [-0.4, -0.2) is 9.97 Å². The highest BCUT2D eigenvalue weighted by Gasteiger charge is 2.05. The highest BCUT2D eigenvalue weighted by Crippen LogP contribution is 2.19. The Balaban J connectivity index is 2.46. The zero-order valence-corrected chi connectivity index (χ0v) is 8.18. The van der Waals surface area contributed by atoms with Crippen molar-refractivity contribution in [1.82, 2.24) is 9.97 Å². The molecular formula is C11H7FN4. The molecule has 2 N–H and O–H groups in total. The molecule has 1 aromatic heterocycles. The van der Waals surface area contributed by atoms with Crippen LogP contribution in [0.1, 0.15) is 5.56 Å². The van der Waals surface area contributed by atoms with Crippen LogP contribution < -0.4 is 5.73 Å². The molecule has 0 aliphatic rings. The van der Waals surface area contributed by atoms with Gasteiger partial charge < -0.3 is 5.73 Å². The lowest BCUT2D eigenvalue weighted by molar-refractivity contribution is 0.624. The molecular weight excluding hydrogens is 207 g/mol. The number of benzene rings is 1. The van der Waals surface area contributed by atoms with Crippen molar-refractivity contribution in [2.75, 3.05) is 5.73 Å². The Morgan fingerprint density at radius 2 is 2.06 bits per heavy atom. The smallest absolute Gasteiger partial charge is 0.141 e. The van der Waals surface area contributed by atoms with Gasteiger partial charge in [-0.25, -0.2) is 9.37 Å². The van der Waals surface area contributed by atoms with Crippen LogP contribution in [-0.2, 0) is 0 Å². The third-order valence-corrected chi connectivity index (χ3v) is 2.06. The summed E-state index contributed by atoms with van der Waals surface area (Å²) in [6.07, 6.45) is 2.85. The van der Waals surface area contributed by atoms with E-state index in [1.54, 1.807) is 12.1 Å². The number of nitrogens with two attached hydrogens (primary N) is 1. The van der Waals surface area contributed by atoms with Crippen LogP contribution in [0.15, 0.2) is 30.6 Å². The maximum Gasteiger partial charge on any atom is 0.141 e. The van der Waals surface area contributed by atoms with Crippen molar-refractivity contribution in [1.29, 1.82) is 5.26 Å². The standard InChI is InChI=1S/C11H7FN4/c12-9-3-7(1-2-8(9)4-13)10-5-16-11(14)6-15-10/h1-3,5-6H,(H2,14,16). The summed E-state index contributed by atoms with van der Waals surface area (Å²) in [4.78, 5) is 7.86. The van der Waals surface area contributed by atoms with E-state index < -0.39 is 5.82 Å². The van der Waals surface area contributed by atoms with Gasteiger partial charge in [-0.05, 0) is 12.1 Å². The number of halogens is 1. The van der Waals surface area contributed by atoms with Gasteiger partial charge in [0.2, 0.25) is 0 Å². The van der Waals surface area contributed by atoms with Gasteiger partial charge in [-0.15, -0.1) is 0 Å². The number of hydrogen-bond acceptors (Lipinski definition) is 4. The molecule has 5 heteroatoms. The molecule has 1 heterocycles. The predicted molar refractivity (Wildman–Crippen MR) is 56.6 cm³/mol. The Kier molecular flexibility index (Phi) is 2.48. The summed E-state index contributed by atoms with van der Waals surface area (Å²) >= 11 is 0. The van der Waals surface area contributed by atoms with Crippen molar-refractivity contribution < 1.29 is 4.39 Å². The fourth-order valence-corrected chi connectivity index (χ4v) is 1.25. The van der Waals surface area contributed by atoms with Gasteiger partial charge in [-0.3, -0.25) is 4.98 Å². The molecule has 0 aliphatic heterocycles. The van der Waals surface area contributed by atoms with E-state index in [4.69, 9.17) is 11.0 Å². The SMILES string of the molecule is N#Cc1ccc(-c2cnc(N)cn2)cc1F. The number of anilines is 1. The predicted octanol–water partition coefficient (Wildman–Crippen LogP) is 1.74. The van der Waals surface area contributed by atoms with E-state index >= 15 is 0 Å². The molecule has 0 fully saturated rings. The van der Waals surface area contributed by atoms with Crippen molar-refractivity contribution in [3.8, 4) is 17.3 Å². The Morgan fingerprint density at radius 1 is 1.25 bits per heavy atom. The number of nitrogen functional groups attached to an aromatic ring is 1. The first-order chi connectivity index (χ1) is 7.70. The maximum absolute atomic E-state index is 13.3. The van der Waals surface area contributed by atoms with Gasteiger partial charge in [0.15, 0.2) is 0 Å². The van der Waals surface area contributed by atoms with E-state index in [1.807, 2.05) is 0 Å². The van der Waals surface area contributed by atoms with Crippen LogP contribution in [0.25, 0.3) is 11.3 Å². The molecule has 2 aromatic rings. The number of rotatable bonds is 1. The first kappa shape index (κ1) is 10.1. The third-order valence-electron chi connectivity index (χ3n) is 2.06. The largest absolute Gasteiger partial charge is 0.382 e. The maximum atomic E-state index is 13.3. The minimum absolute atomic E-state index is 0.00662. The monoisotopic (exact) mass is 214 g/mol. The summed E-state index contributed by atoms with van der Waals surface area (Å²) in [7, 11) is 0. The summed E-state index contributed by atoms with van der Waals surface area (Å²) in [5, 5.41) is 8.58. The van der Waals surface area contributed by atoms with E-state index in [0.717, 1.165) is 0 Å². The van der Waals surface area contributed by atoms with Crippen molar-refractivity contribution in [2.24, 2.45) is 0 Å². The Hall–Kier alpha value is -2.48. The van der Waals surface area contributed by atoms with Crippen LogP contribution >= 0.6 is 0 Å². The fraction of sp³-hybridized carbons (Fsp3) is 0. The number of nitriles is 1. The van der Waals surface area contributed by atoms with Crippen molar-refractivity contribution in [3.05, 3.63) is 42.0 Å². The average molecular weight is 214 g/mol. The lowest BCUT2D eigenvalue weighted by atomic mass is 10.1. The van der Waals surface area contributed by atoms with Gasteiger partial charge in [-0.2, -0.15) is 5.26 Å². The van der Waals surface area contributed by atoms with Crippen LogP contribution in [0.5, 0.6) is 0 Å². The quantitative estimate of drug-likeness (QED) is 0.784. The Bertz CT molecular complexity index is 557. The third kappa shape index (κ3) is 1.81. The molecule has 0 saturated heterocycles. The molecule has 2 rings (SSSR count). The minimum Gasteiger partial charge on any atom is -0.382 e. The molecule has 16 heavy (non-hydrogen) atoms. The summed E-state index contributed by atoms with van der Waals surface area (Å²) in [5.41, 5.74) is 6.47. The van der Waals surface area contributed by atoms with Crippen molar-refractivity contribution >= 4 is 5.82 Å². The lowest BCUT2D eigenvalue weighted by Crippen LogP contribution is -1.93. The molecule has 1 aromatic carbocycles. The topological polar surface area (TPSA) is 75.6 Å². The fourth-order valence-electron chi connectivity index (χ4n) is 1.25. The second-order valence-electron chi connectivity index (χ2n) is 3.13. The van der Waals surface area contributed by atoms with Gasteiger partial charge in [0.25, 0.3) is 0 Å². The molecule has 0 aliphatic carbocycles. The second kappa shape index (κ2) is 3.95. The van der Waals surface area contributed by atoms with Gasteiger partial charge in [0.1, 0.15) is 17.7 Å². The molecule has 0 unspecified atom stereocenters. The number of nitrogens with zero attached hydrogens (tertiary/aromatic N) is 3. The number of aromatic nitrogens is 2. The first-order valence-electron chi connectivity index (χ1n) is 4.48. The normalized spacial score (nSPS) is 9.75.